The number of nitrogens with zero attached hydrogens (tertiary/aromatic N) is 4. The molecule has 2 aromatic rings. The van der Waals surface area contributed by atoms with Crippen molar-refractivity contribution in [2.75, 3.05) is 51.3 Å². The molecular weight excluding hydrogens is 342 g/mol. The molecule has 142 valence electrons. The molecule has 1 aromatic carbocycles. The fraction of sp³-hybridized carbons (Fsp3) is 0.450. The van der Waals surface area contributed by atoms with Gasteiger partial charge in [0.05, 0.1) is 13.2 Å². The number of hydrogen-bond donors (Lipinski definition) is 1. The number of benzene rings is 1. The van der Waals surface area contributed by atoms with E-state index in [1.165, 1.54) is 17.5 Å². The van der Waals surface area contributed by atoms with E-state index in [-0.39, 0.29) is 5.91 Å². The highest BCUT2D eigenvalue weighted by Crippen LogP contribution is 2.20. The number of hydrogen-bond acceptors (Lipinski definition) is 6. The molecular formula is C20H25N5O2. The van der Waals surface area contributed by atoms with Crippen LogP contribution in [0.25, 0.3) is 0 Å². The Balaban J connectivity index is 1.35. The highest BCUT2D eigenvalue weighted by molar-refractivity contribution is 5.93. The van der Waals surface area contributed by atoms with Crippen molar-refractivity contribution < 1.29 is 9.53 Å². The number of carbonyl (C=O) groups is 1. The highest BCUT2D eigenvalue weighted by atomic mass is 16.5. The van der Waals surface area contributed by atoms with E-state index in [0.717, 1.165) is 52.4 Å². The van der Waals surface area contributed by atoms with Crippen molar-refractivity contribution >= 4 is 11.7 Å². The van der Waals surface area contributed by atoms with Crippen LogP contribution in [0, 0.1) is 0 Å². The van der Waals surface area contributed by atoms with Gasteiger partial charge in [0.25, 0.3) is 5.91 Å². The van der Waals surface area contributed by atoms with Gasteiger partial charge in [-0.2, -0.15) is 0 Å². The summed E-state index contributed by atoms with van der Waals surface area (Å²) in [7, 11) is 0. The van der Waals surface area contributed by atoms with Crippen molar-refractivity contribution in [3.63, 3.8) is 0 Å². The van der Waals surface area contributed by atoms with Crippen LogP contribution in [0.4, 0.5) is 5.82 Å². The molecule has 7 heteroatoms. The van der Waals surface area contributed by atoms with Gasteiger partial charge in [-0.1, -0.05) is 24.3 Å². The van der Waals surface area contributed by atoms with E-state index in [9.17, 15) is 4.79 Å². The Kier molecular flexibility index (Phi) is 5.60. The lowest BCUT2D eigenvalue weighted by atomic mass is 10.00. The molecule has 4 rings (SSSR count). The van der Waals surface area contributed by atoms with Gasteiger partial charge >= 0.3 is 0 Å². The van der Waals surface area contributed by atoms with Crippen molar-refractivity contribution in [3.8, 4) is 0 Å². The predicted octanol–water partition coefficient (Wildman–Crippen LogP) is 1.42. The molecule has 1 saturated heterocycles. The molecule has 2 aliphatic heterocycles. The summed E-state index contributed by atoms with van der Waals surface area (Å²) in [5, 5.41) is 3.30. The summed E-state index contributed by atoms with van der Waals surface area (Å²) in [5.74, 6) is 0.655. The molecule has 7 nitrogen and oxygen atoms in total. The predicted molar refractivity (Wildman–Crippen MR) is 103 cm³/mol. The third-order valence-electron chi connectivity index (χ3n) is 5.14. The Labute approximate surface area is 159 Å². The molecule has 0 unspecified atom stereocenters. The van der Waals surface area contributed by atoms with Crippen molar-refractivity contribution in [1.29, 1.82) is 0 Å². The number of morpholine rings is 1. The quantitative estimate of drug-likeness (QED) is 0.862. The average Bonchev–Trinajstić information content (AvgIpc) is 2.74. The van der Waals surface area contributed by atoms with Gasteiger partial charge in [0.2, 0.25) is 0 Å². The van der Waals surface area contributed by atoms with Gasteiger partial charge in [-0.15, -0.1) is 0 Å². The molecule has 0 radical (unpaired) electrons. The van der Waals surface area contributed by atoms with Crippen LogP contribution in [0.15, 0.2) is 36.7 Å². The zero-order valence-electron chi connectivity index (χ0n) is 15.4. The van der Waals surface area contributed by atoms with Gasteiger partial charge < -0.3 is 15.0 Å². The van der Waals surface area contributed by atoms with Gasteiger partial charge in [-0.25, -0.2) is 9.97 Å². The van der Waals surface area contributed by atoms with Crippen LogP contribution in [0.2, 0.25) is 0 Å². The molecule has 0 spiro atoms. The lowest BCUT2D eigenvalue weighted by Gasteiger charge is -2.28. The summed E-state index contributed by atoms with van der Waals surface area (Å²) in [5.41, 5.74) is 2.99. The average molecular weight is 367 g/mol. The third kappa shape index (κ3) is 4.43. The number of fused-ring (bicyclic) bond motifs is 1. The maximum absolute atomic E-state index is 12.9. The smallest absolute Gasteiger partial charge is 0.272 e. The van der Waals surface area contributed by atoms with E-state index in [0.29, 0.717) is 18.1 Å². The van der Waals surface area contributed by atoms with Gasteiger partial charge in [-0.05, 0) is 17.5 Å². The first-order chi connectivity index (χ1) is 13.3. The third-order valence-corrected chi connectivity index (χ3v) is 5.14. The summed E-state index contributed by atoms with van der Waals surface area (Å²) in [4.78, 5) is 25.5. The first kappa shape index (κ1) is 17.9. The van der Waals surface area contributed by atoms with Gasteiger partial charge in [0.15, 0.2) is 0 Å². The van der Waals surface area contributed by atoms with Crippen LogP contribution < -0.4 is 5.32 Å². The van der Waals surface area contributed by atoms with E-state index >= 15 is 0 Å². The van der Waals surface area contributed by atoms with Crippen molar-refractivity contribution in [3.05, 3.63) is 53.5 Å². The first-order valence-electron chi connectivity index (χ1n) is 9.52. The molecule has 2 aliphatic rings. The van der Waals surface area contributed by atoms with Crippen LogP contribution in [-0.4, -0.2) is 71.6 Å². The number of ether oxygens (including phenoxy) is 1. The Morgan fingerprint density at radius 3 is 2.78 bits per heavy atom. The second-order valence-corrected chi connectivity index (χ2v) is 6.91. The lowest BCUT2D eigenvalue weighted by Crippen LogP contribution is -2.39. The number of amides is 1. The highest BCUT2D eigenvalue weighted by Gasteiger charge is 2.22. The fourth-order valence-corrected chi connectivity index (χ4v) is 3.57. The Morgan fingerprint density at radius 2 is 1.93 bits per heavy atom. The maximum atomic E-state index is 12.9. The maximum Gasteiger partial charge on any atom is 0.272 e. The standard InChI is InChI=1S/C20H25N5O2/c26-20(25-7-5-16-3-1-2-4-17(16)14-25)18-13-19(23-15-22-18)21-6-8-24-9-11-27-12-10-24/h1-4,13,15H,5-12,14H2,(H,21,22,23). The zero-order chi connectivity index (χ0) is 18.5. The molecule has 27 heavy (non-hydrogen) atoms. The van der Waals surface area contributed by atoms with Crippen LogP contribution in [0.5, 0.6) is 0 Å². The minimum absolute atomic E-state index is 0.0388. The normalized spacial score (nSPS) is 17.4. The van der Waals surface area contributed by atoms with Crippen molar-refractivity contribution in [2.24, 2.45) is 0 Å². The molecule has 1 amide bonds. The molecule has 1 N–H and O–H groups in total. The molecule has 0 bridgehead atoms. The van der Waals surface area contributed by atoms with E-state index in [2.05, 4.69) is 38.4 Å². The first-order valence-corrected chi connectivity index (χ1v) is 9.52. The minimum atomic E-state index is -0.0388. The van der Waals surface area contributed by atoms with Crippen LogP contribution in [-0.2, 0) is 17.7 Å². The molecule has 1 fully saturated rings. The molecule has 0 atom stereocenters. The van der Waals surface area contributed by atoms with Crippen LogP contribution in [0.3, 0.4) is 0 Å². The number of nitrogens with one attached hydrogen (secondary N) is 1. The summed E-state index contributed by atoms with van der Waals surface area (Å²) in [6, 6.07) is 10.1. The summed E-state index contributed by atoms with van der Waals surface area (Å²) in [6.45, 7) is 6.59. The topological polar surface area (TPSA) is 70.6 Å². The largest absolute Gasteiger partial charge is 0.379 e. The monoisotopic (exact) mass is 367 g/mol. The summed E-state index contributed by atoms with van der Waals surface area (Å²) >= 11 is 0. The summed E-state index contributed by atoms with van der Waals surface area (Å²) in [6.07, 6.45) is 2.35. The van der Waals surface area contributed by atoms with Crippen LogP contribution >= 0.6 is 0 Å². The molecule has 1 aromatic heterocycles. The number of rotatable bonds is 5. The Bertz CT molecular complexity index is 791. The van der Waals surface area contributed by atoms with Gasteiger partial charge in [0.1, 0.15) is 17.8 Å². The van der Waals surface area contributed by atoms with Gasteiger partial charge in [0, 0.05) is 45.3 Å². The molecule has 0 saturated carbocycles. The second-order valence-electron chi connectivity index (χ2n) is 6.91. The Morgan fingerprint density at radius 1 is 1.11 bits per heavy atom. The lowest BCUT2D eigenvalue weighted by molar-refractivity contribution is 0.0398. The second kappa shape index (κ2) is 8.45. The number of aromatic nitrogens is 2. The number of anilines is 1. The van der Waals surface area contributed by atoms with E-state index in [1.807, 2.05) is 11.0 Å². The minimum Gasteiger partial charge on any atom is -0.379 e. The van der Waals surface area contributed by atoms with E-state index in [1.54, 1.807) is 6.07 Å². The summed E-state index contributed by atoms with van der Waals surface area (Å²) < 4.78 is 5.36. The van der Waals surface area contributed by atoms with Crippen molar-refractivity contribution in [1.82, 2.24) is 19.8 Å². The van der Waals surface area contributed by atoms with Gasteiger partial charge in [-0.3, -0.25) is 9.69 Å². The van der Waals surface area contributed by atoms with Crippen molar-refractivity contribution in [2.45, 2.75) is 13.0 Å². The SMILES string of the molecule is O=C(c1cc(NCCN2CCOCC2)ncn1)N1CCc2ccccc2C1. The molecule has 3 heterocycles. The van der Waals surface area contributed by atoms with E-state index < -0.39 is 0 Å². The van der Waals surface area contributed by atoms with Crippen LogP contribution in [0.1, 0.15) is 21.6 Å². The number of carbonyl (C=O) groups excluding carboxylic acids is 1. The van der Waals surface area contributed by atoms with E-state index in [4.69, 9.17) is 4.74 Å². The zero-order valence-corrected chi connectivity index (χ0v) is 15.4. The fourth-order valence-electron chi connectivity index (χ4n) is 3.57. The Hall–Kier alpha value is -2.51. The molecule has 0 aliphatic carbocycles.